The molecule has 4 heteroatoms. The fourth-order valence-electron chi connectivity index (χ4n) is 1.55. The van der Waals surface area contributed by atoms with Crippen LogP contribution in [0.2, 0.25) is 0 Å². The molecule has 4 nitrogen and oxygen atoms in total. The van der Waals surface area contributed by atoms with Gasteiger partial charge in [-0.2, -0.15) is 0 Å². The lowest BCUT2D eigenvalue weighted by atomic mass is 9.94. The minimum atomic E-state index is -1.06. The first kappa shape index (κ1) is 10.9. The Labute approximate surface area is 78.1 Å². The van der Waals surface area contributed by atoms with E-state index < -0.39 is 11.9 Å². The molecule has 0 spiro atoms. The van der Waals surface area contributed by atoms with Crippen LogP contribution in [0.3, 0.4) is 0 Å². The normalized spacial score (nSPS) is 24.2. The highest BCUT2D eigenvalue weighted by Gasteiger charge is 2.30. The quantitative estimate of drug-likeness (QED) is 0.546. The fourth-order valence-corrected chi connectivity index (χ4v) is 1.55. The molecule has 0 heterocycles. The van der Waals surface area contributed by atoms with Crippen molar-refractivity contribution in [3.63, 3.8) is 0 Å². The molecule has 1 rings (SSSR count). The van der Waals surface area contributed by atoms with Crippen LogP contribution in [0.4, 0.5) is 0 Å². The molecule has 1 saturated carbocycles. The van der Waals surface area contributed by atoms with Crippen LogP contribution in [-0.4, -0.2) is 40.4 Å². The first-order valence-electron chi connectivity index (χ1n) is 4.81. The minimum absolute atomic E-state index is 0.00694. The van der Waals surface area contributed by atoms with Crippen molar-refractivity contribution in [3.05, 3.63) is 0 Å². The highest BCUT2D eigenvalue weighted by Crippen LogP contribution is 2.28. The van der Waals surface area contributed by atoms with Crippen molar-refractivity contribution >= 4 is 0 Å². The predicted molar refractivity (Wildman–Crippen MR) is 47.1 cm³/mol. The summed E-state index contributed by atoms with van der Waals surface area (Å²) in [6, 6.07) is 0. The van der Waals surface area contributed by atoms with Gasteiger partial charge < -0.3 is 20.1 Å². The maximum absolute atomic E-state index is 9.80. The van der Waals surface area contributed by atoms with Gasteiger partial charge in [0.05, 0.1) is 13.2 Å². The predicted octanol–water partition coefficient (Wildman–Crippen LogP) is 0.00890. The Morgan fingerprint density at radius 2 is 1.85 bits per heavy atom. The zero-order valence-corrected chi connectivity index (χ0v) is 7.78. The summed E-state index contributed by atoms with van der Waals surface area (Å²) in [6.45, 7) is -0.316. The molecule has 0 aliphatic heterocycles. The van der Waals surface area contributed by atoms with E-state index in [0.29, 0.717) is 12.8 Å². The summed E-state index contributed by atoms with van der Waals surface area (Å²) in [5.41, 5.74) is 0. The van der Waals surface area contributed by atoms with Crippen LogP contribution in [0.25, 0.3) is 0 Å². The van der Waals surface area contributed by atoms with Gasteiger partial charge in [-0.25, -0.2) is 0 Å². The topological polar surface area (TPSA) is 69.9 Å². The van der Waals surface area contributed by atoms with Crippen molar-refractivity contribution in [1.82, 2.24) is 0 Å². The summed E-state index contributed by atoms with van der Waals surface area (Å²) in [5.74, 6) is -1.06. The van der Waals surface area contributed by atoms with Crippen molar-refractivity contribution in [2.45, 2.75) is 44.0 Å². The Morgan fingerprint density at radius 3 is 2.38 bits per heavy atom. The van der Waals surface area contributed by atoms with Gasteiger partial charge in [0.15, 0.2) is 5.79 Å². The second kappa shape index (κ2) is 4.91. The lowest BCUT2D eigenvalue weighted by molar-refractivity contribution is -0.232. The van der Waals surface area contributed by atoms with E-state index in [9.17, 15) is 5.11 Å². The molecule has 1 atom stereocenters. The number of aliphatic hydroxyl groups excluding tert-OH is 2. The molecule has 1 aliphatic rings. The molecule has 13 heavy (non-hydrogen) atoms. The van der Waals surface area contributed by atoms with E-state index >= 15 is 0 Å². The smallest absolute Gasteiger partial charge is 0.165 e. The standard InChI is InChI=1S/C9H18O4/c10-6-8(11)7-13-9(12)4-2-1-3-5-9/h8,10-12H,1-7H2. The van der Waals surface area contributed by atoms with Gasteiger partial charge in [-0.15, -0.1) is 0 Å². The molecule has 1 aliphatic carbocycles. The Balaban J connectivity index is 2.24. The maximum atomic E-state index is 9.80. The number of ether oxygens (including phenoxy) is 1. The summed E-state index contributed by atoms with van der Waals surface area (Å²) in [7, 11) is 0. The third-order valence-corrected chi connectivity index (χ3v) is 2.39. The van der Waals surface area contributed by atoms with Crippen LogP contribution in [0.5, 0.6) is 0 Å². The number of rotatable bonds is 4. The molecule has 0 radical (unpaired) electrons. The van der Waals surface area contributed by atoms with E-state index in [0.717, 1.165) is 19.3 Å². The molecular formula is C9H18O4. The average Bonchev–Trinajstić information content (AvgIpc) is 2.15. The average molecular weight is 190 g/mol. The second-order valence-electron chi connectivity index (χ2n) is 3.65. The summed E-state index contributed by atoms with van der Waals surface area (Å²) < 4.78 is 5.17. The molecule has 0 saturated heterocycles. The zero-order valence-electron chi connectivity index (χ0n) is 7.78. The van der Waals surface area contributed by atoms with Gasteiger partial charge in [-0.05, 0) is 12.8 Å². The van der Waals surface area contributed by atoms with Crippen molar-refractivity contribution < 1.29 is 20.1 Å². The fraction of sp³-hybridized carbons (Fsp3) is 1.00. The van der Waals surface area contributed by atoms with E-state index in [2.05, 4.69) is 0 Å². The van der Waals surface area contributed by atoms with Gasteiger partial charge in [0.2, 0.25) is 0 Å². The van der Waals surface area contributed by atoms with E-state index in [4.69, 9.17) is 14.9 Å². The van der Waals surface area contributed by atoms with Crippen LogP contribution in [0, 0.1) is 0 Å². The summed E-state index contributed by atoms with van der Waals surface area (Å²) in [6.07, 6.45) is 3.44. The van der Waals surface area contributed by atoms with Crippen molar-refractivity contribution in [2.24, 2.45) is 0 Å². The summed E-state index contributed by atoms with van der Waals surface area (Å²) >= 11 is 0. The van der Waals surface area contributed by atoms with Gasteiger partial charge in [-0.1, -0.05) is 6.42 Å². The number of hydrogen-bond acceptors (Lipinski definition) is 4. The van der Waals surface area contributed by atoms with Gasteiger partial charge in [0.1, 0.15) is 6.10 Å². The van der Waals surface area contributed by atoms with Gasteiger partial charge >= 0.3 is 0 Å². The molecule has 78 valence electrons. The lowest BCUT2D eigenvalue weighted by Crippen LogP contribution is -2.37. The van der Waals surface area contributed by atoms with Crippen molar-refractivity contribution in [3.8, 4) is 0 Å². The zero-order chi connectivity index (χ0) is 9.73. The largest absolute Gasteiger partial charge is 0.394 e. The van der Waals surface area contributed by atoms with Crippen LogP contribution < -0.4 is 0 Å². The molecule has 1 fully saturated rings. The minimum Gasteiger partial charge on any atom is -0.394 e. The number of hydrogen-bond donors (Lipinski definition) is 3. The lowest BCUT2D eigenvalue weighted by Gasteiger charge is -2.32. The molecular weight excluding hydrogens is 172 g/mol. The van der Waals surface area contributed by atoms with Crippen LogP contribution in [0.1, 0.15) is 32.1 Å². The molecule has 1 unspecified atom stereocenters. The molecule has 0 bridgehead atoms. The molecule has 3 N–H and O–H groups in total. The highest BCUT2D eigenvalue weighted by atomic mass is 16.6. The number of aliphatic hydroxyl groups is 3. The van der Waals surface area contributed by atoms with E-state index in [1.54, 1.807) is 0 Å². The SMILES string of the molecule is OCC(O)COC1(O)CCCCC1. The Morgan fingerprint density at radius 1 is 1.23 bits per heavy atom. The van der Waals surface area contributed by atoms with E-state index in [-0.39, 0.29) is 13.2 Å². The highest BCUT2D eigenvalue weighted by molar-refractivity contribution is 4.73. The Hall–Kier alpha value is -0.160. The summed E-state index contributed by atoms with van der Waals surface area (Å²) in [5, 5.41) is 27.4. The molecule has 0 aromatic carbocycles. The van der Waals surface area contributed by atoms with Crippen LogP contribution >= 0.6 is 0 Å². The van der Waals surface area contributed by atoms with Gasteiger partial charge in [0.25, 0.3) is 0 Å². The first-order chi connectivity index (χ1) is 6.16. The third-order valence-electron chi connectivity index (χ3n) is 2.39. The van der Waals surface area contributed by atoms with Crippen molar-refractivity contribution in [2.75, 3.05) is 13.2 Å². The Kier molecular flexibility index (Phi) is 4.12. The maximum Gasteiger partial charge on any atom is 0.165 e. The van der Waals surface area contributed by atoms with E-state index in [1.165, 1.54) is 0 Å². The molecule has 0 amide bonds. The van der Waals surface area contributed by atoms with Gasteiger partial charge in [-0.3, -0.25) is 0 Å². The Bertz CT molecular complexity index is 143. The first-order valence-corrected chi connectivity index (χ1v) is 4.81. The van der Waals surface area contributed by atoms with Gasteiger partial charge in [0, 0.05) is 12.8 Å². The van der Waals surface area contributed by atoms with Crippen LogP contribution in [0.15, 0.2) is 0 Å². The third kappa shape index (κ3) is 3.60. The second-order valence-corrected chi connectivity index (χ2v) is 3.65. The monoisotopic (exact) mass is 190 g/mol. The van der Waals surface area contributed by atoms with Crippen LogP contribution in [-0.2, 0) is 4.74 Å². The van der Waals surface area contributed by atoms with E-state index in [1.807, 2.05) is 0 Å². The van der Waals surface area contributed by atoms with Crippen molar-refractivity contribution in [1.29, 1.82) is 0 Å². The molecule has 0 aromatic rings. The molecule has 0 aromatic heterocycles. The summed E-state index contributed by atoms with van der Waals surface area (Å²) in [4.78, 5) is 0.